The lowest BCUT2D eigenvalue weighted by Gasteiger charge is -2.17. The summed E-state index contributed by atoms with van der Waals surface area (Å²) in [6, 6.07) is 5.70. The topological polar surface area (TPSA) is 73.6 Å². The second-order valence-corrected chi connectivity index (χ2v) is 5.60. The van der Waals surface area contributed by atoms with E-state index in [4.69, 9.17) is 15.2 Å². The summed E-state index contributed by atoms with van der Waals surface area (Å²) in [6.07, 6.45) is 0.938. The van der Waals surface area contributed by atoms with Crippen LogP contribution in [0.1, 0.15) is 18.9 Å². The molecule has 1 aromatic carbocycles. The van der Waals surface area contributed by atoms with Gasteiger partial charge in [0, 0.05) is 24.7 Å². The van der Waals surface area contributed by atoms with E-state index in [1.165, 1.54) is 0 Å². The molecule has 0 fully saturated rings. The first-order valence-electron chi connectivity index (χ1n) is 7.00. The SMILES string of the molecule is COCCCNC(=O)C(C)Oc1ccc(Br)cc1CCN. The molecule has 0 radical (unpaired) electrons. The lowest BCUT2D eigenvalue weighted by atomic mass is 10.1. The van der Waals surface area contributed by atoms with E-state index in [1.54, 1.807) is 14.0 Å². The highest BCUT2D eigenvalue weighted by Crippen LogP contribution is 2.24. The minimum atomic E-state index is -0.551. The van der Waals surface area contributed by atoms with Gasteiger partial charge in [0.1, 0.15) is 5.75 Å². The molecule has 0 aliphatic rings. The monoisotopic (exact) mass is 358 g/mol. The van der Waals surface area contributed by atoms with Crippen molar-refractivity contribution in [2.45, 2.75) is 25.9 Å². The van der Waals surface area contributed by atoms with E-state index >= 15 is 0 Å². The molecule has 0 saturated heterocycles. The lowest BCUT2D eigenvalue weighted by molar-refractivity contribution is -0.127. The Morgan fingerprint density at radius 3 is 2.90 bits per heavy atom. The lowest BCUT2D eigenvalue weighted by Crippen LogP contribution is -2.37. The molecule has 1 aromatic rings. The van der Waals surface area contributed by atoms with Crippen molar-refractivity contribution in [1.82, 2.24) is 5.32 Å². The van der Waals surface area contributed by atoms with Crippen LogP contribution in [0.5, 0.6) is 5.75 Å². The fourth-order valence-corrected chi connectivity index (χ4v) is 2.24. The van der Waals surface area contributed by atoms with E-state index in [0.29, 0.717) is 31.9 Å². The number of nitrogens with one attached hydrogen (secondary N) is 1. The first-order valence-corrected chi connectivity index (χ1v) is 7.79. The number of ether oxygens (including phenoxy) is 2. The molecule has 118 valence electrons. The second-order valence-electron chi connectivity index (χ2n) is 4.69. The molecular weight excluding hydrogens is 336 g/mol. The number of carbonyl (C=O) groups is 1. The van der Waals surface area contributed by atoms with E-state index in [9.17, 15) is 4.79 Å². The third-order valence-corrected chi connectivity index (χ3v) is 3.43. The first kappa shape index (κ1) is 17.9. The van der Waals surface area contributed by atoms with Crippen molar-refractivity contribution in [2.24, 2.45) is 5.73 Å². The molecule has 1 atom stereocenters. The van der Waals surface area contributed by atoms with Crippen LogP contribution >= 0.6 is 15.9 Å². The van der Waals surface area contributed by atoms with Gasteiger partial charge in [-0.25, -0.2) is 0 Å². The minimum Gasteiger partial charge on any atom is -0.481 e. The number of halogens is 1. The van der Waals surface area contributed by atoms with Gasteiger partial charge < -0.3 is 20.5 Å². The molecule has 6 heteroatoms. The molecule has 0 saturated carbocycles. The van der Waals surface area contributed by atoms with Gasteiger partial charge in [-0.05, 0) is 50.1 Å². The van der Waals surface area contributed by atoms with Crippen LogP contribution in [0.3, 0.4) is 0 Å². The van der Waals surface area contributed by atoms with Crippen LogP contribution in [0.4, 0.5) is 0 Å². The third kappa shape index (κ3) is 6.46. The molecule has 5 nitrogen and oxygen atoms in total. The number of benzene rings is 1. The van der Waals surface area contributed by atoms with Crippen molar-refractivity contribution in [2.75, 3.05) is 26.8 Å². The molecule has 0 spiro atoms. The minimum absolute atomic E-state index is 0.132. The Kier molecular flexibility index (Phi) is 8.34. The zero-order valence-corrected chi connectivity index (χ0v) is 14.1. The summed E-state index contributed by atoms with van der Waals surface area (Å²) in [7, 11) is 1.64. The fraction of sp³-hybridized carbons (Fsp3) is 0.533. The Labute approximate surface area is 134 Å². The van der Waals surface area contributed by atoms with E-state index in [0.717, 1.165) is 16.5 Å². The highest BCUT2D eigenvalue weighted by molar-refractivity contribution is 9.10. The van der Waals surface area contributed by atoms with Crippen LogP contribution in [0, 0.1) is 0 Å². The molecule has 3 N–H and O–H groups in total. The van der Waals surface area contributed by atoms with Crippen LogP contribution in [0.25, 0.3) is 0 Å². The Morgan fingerprint density at radius 2 is 2.24 bits per heavy atom. The van der Waals surface area contributed by atoms with Gasteiger partial charge in [0.05, 0.1) is 0 Å². The number of nitrogens with two attached hydrogens (primary N) is 1. The molecule has 0 aliphatic heterocycles. The van der Waals surface area contributed by atoms with Crippen LogP contribution < -0.4 is 15.8 Å². The Hall–Kier alpha value is -1.11. The van der Waals surface area contributed by atoms with Gasteiger partial charge in [0.15, 0.2) is 6.10 Å². The van der Waals surface area contributed by atoms with Crippen molar-refractivity contribution < 1.29 is 14.3 Å². The predicted octanol–water partition coefficient (Wildman–Crippen LogP) is 1.87. The zero-order valence-electron chi connectivity index (χ0n) is 12.5. The van der Waals surface area contributed by atoms with Crippen molar-refractivity contribution in [3.8, 4) is 5.75 Å². The number of hydrogen-bond acceptors (Lipinski definition) is 4. The van der Waals surface area contributed by atoms with E-state index in [2.05, 4.69) is 21.2 Å². The predicted molar refractivity (Wildman–Crippen MR) is 86.5 cm³/mol. The van der Waals surface area contributed by atoms with Gasteiger partial charge in [-0.3, -0.25) is 4.79 Å². The van der Waals surface area contributed by atoms with Crippen molar-refractivity contribution in [1.29, 1.82) is 0 Å². The van der Waals surface area contributed by atoms with Crippen LogP contribution in [-0.4, -0.2) is 38.8 Å². The van der Waals surface area contributed by atoms with E-state index in [1.807, 2.05) is 18.2 Å². The molecule has 21 heavy (non-hydrogen) atoms. The first-order chi connectivity index (χ1) is 10.1. The molecular formula is C15H23BrN2O3. The molecule has 0 aromatic heterocycles. The average molecular weight is 359 g/mol. The Bertz CT molecular complexity index is 455. The smallest absolute Gasteiger partial charge is 0.260 e. The maximum Gasteiger partial charge on any atom is 0.260 e. The fourth-order valence-electron chi connectivity index (χ4n) is 1.83. The number of hydrogen-bond donors (Lipinski definition) is 2. The molecule has 0 bridgehead atoms. The molecule has 1 unspecified atom stereocenters. The third-order valence-electron chi connectivity index (χ3n) is 2.93. The van der Waals surface area contributed by atoms with Crippen LogP contribution in [0.2, 0.25) is 0 Å². The Morgan fingerprint density at radius 1 is 1.48 bits per heavy atom. The van der Waals surface area contributed by atoms with Crippen LogP contribution in [0.15, 0.2) is 22.7 Å². The van der Waals surface area contributed by atoms with Gasteiger partial charge >= 0.3 is 0 Å². The number of amides is 1. The highest BCUT2D eigenvalue weighted by Gasteiger charge is 2.15. The quantitative estimate of drug-likeness (QED) is 0.661. The number of methoxy groups -OCH3 is 1. The summed E-state index contributed by atoms with van der Waals surface area (Å²) in [6.45, 7) is 3.48. The molecule has 0 heterocycles. The summed E-state index contributed by atoms with van der Waals surface area (Å²) < 4.78 is 11.7. The maximum atomic E-state index is 11.9. The normalized spacial score (nSPS) is 12.0. The van der Waals surface area contributed by atoms with Gasteiger partial charge in [0.2, 0.25) is 0 Å². The van der Waals surface area contributed by atoms with E-state index in [-0.39, 0.29) is 5.91 Å². The van der Waals surface area contributed by atoms with Gasteiger partial charge in [-0.15, -0.1) is 0 Å². The number of rotatable bonds is 9. The second kappa shape index (κ2) is 9.76. The van der Waals surface area contributed by atoms with Crippen molar-refractivity contribution >= 4 is 21.8 Å². The van der Waals surface area contributed by atoms with Gasteiger partial charge in [-0.1, -0.05) is 15.9 Å². The molecule has 1 amide bonds. The van der Waals surface area contributed by atoms with Crippen molar-refractivity contribution in [3.63, 3.8) is 0 Å². The summed E-state index contributed by atoms with van der Waals surface area (Å²) in [5.74, 6) is 0.566. The molecule has 1 rings (SSSR count). The largest absolute Gasteiger partial charge is 0.481 e. The standard InChI is InChI=1S/C15H23BrN2O3/c1-11(15(19)18-8-3-9-20-2)21-14-5-4-13(16)10-12(14)6-7-17/h4-5,10-11H,3,6-9,17H2,1-2H3,(H,18,19). The van der Waals surface area contributed by atoms with Crippen LogP contribution in [-0.2, 0) is 16.0 Å². The maximum absolute atomic E-state index is 11.9. The zero-order chi connectivity index (χ0) is 15.7. The summed E-state index contributed by atoms with van der Waals surface area (Å²) >= 11 is 3.42. The van der Waals surface area contributed by atoms with Gasteiger partial charge in [0.25, 0.3) is 5.91 Å². The summed E-state index contributed by atoms with van der Waals surface area (Å²) in [5, 5.41) is 2.82. The summed E-state index contributed by atoms with van der Waals surface area (Å²) in [4.78, 5) is 11.9. The number of carbonyl (C=O) groups excluding carboxylic acids is 1. The molecule has 0 aliphatic carbocycles. The summed E-state index contributed by atoms with van der Waals surface area (Å²) in [5.41, 5.74) is 6.59. The average Bonchev–Trinajstić information content (AvgIpc) is 2.46. The van der Waals surface area contributed by atoms with Crippen molar-refractivity contribution in [3.05, 3.63) is 28.2 Å². The Balaban J connectivity index is 2.57. The van der Waals surface area contributed by atoms with E-state index < -0.39 is 6.10 Å². The van der Waals surface area contributed by atoms with Gasteiger partial charge in [-0.2, -0.15) is 0 Å². The highest BCUT2D eigenvalue weighted by atomic mass is 79.9.